The number of hydrogen-bond acceptors (Lipinski definition) is 7. The molecule has 2 aliphatic heterocycles. The fraction of sp³-hybridized carbons (Fsp3) is 0.806. The molecule has 13 nitrogen and oxygen atoms in total. The molecule has 3 rings (SSSR count). The zero-order chi connectivity index (χ0) is 37.8. The zero-order valence-corrected chi connectivity index (χ0v) is 32.5. The van der Waals surface area contributed by atoms with Crippen molar-refractivity contribution in [2.75, 3.05) is 31.9 Å². The predicted octanol–water partition coefficient (Wildman–Crippen LogP) is 2.96. The molecule has 0 radical (unpaired) electrons. The minimum absolute atomic E-state index is 0.0782. The maximum Gasteiger partial charge on any atom is 0.315 e. The Labute approximate surface area is 299 Å². The second-order valence-electron chi connectivity index (χ2n) is 17.6. The SMILES string of the molecule is C=CCNC(=O)C(=O)C(CC1CCC1)NC(=O)[C@@H]1[C@@H](C(C)(C)C)CCN1C(=O)[C@@H](NC(=O)N[C@H](CN1CCCS1(=O)=O)C(C)(C)C)C(C)(C)C. The molecule has 3 fully saturated rings. The Morgan fingerprint density at radius 1 is 0.860 bits per heavy atom. The summed E-state index contributed by atoms with van der Waals surface area (Å²) >= 11 is 0. The van der Waals surface area contributed by atoms with Gasteiger partial charge in [-0.2, -0.15) is 4.31 Å². The molecule has 284 valence electrons. The highest BCUT2D eigenvalue weighted by Gasteiger charge is 2.50. The van der Waals surface area contributed by atoms with Crippen LogP contribution >= 0.6 is 0 Å². The topological polar surface area (TPSA) is 174 Å². The zero-order valence-electron chi connectivity index (χ0n) is 31.7. The Hall–Kier alpha value is -3.00. The molecule has 1 aliphatic carbocycles. The van der Waals surface area contributed by atoms with E-state index in [0.29, 0.717) is 25.8 Å². The molecule has 14 heteroatoms. The van der Waals surface area contributed by atoms with E-state index in [1.165, 1.54) is 15.3 Å². The highest BCUT2D eigenvalue weighted by molar-refractivity contribution is 7.89. The Morgan fingerprint density at radius 3 is 1.98 bits per heavy atom. The standard InChI is InChI=1S/C36H62N6O7S/c1-11-17-37-31(45)28(43)25(21-23-14-12-15-23)38-30(44)27-24(34(2,3)4)16-19-42(27)32(46)29(36(8,9)10)40-33(47)39-26(35(5,6)7)22-41-18-13-20-50(41,48)49/h11,23-27,29H,1,12-22H2,2-10H3,(H,37,45)(H,38,44)(H2,39,40,47)/t24-,25?,26+,27-,29+/m0/s1. The molecule has 4 N–H and O–H groups in total. The quantitative estimate of drug-likeness (QED) is 0.167. The van der Waals surface area contributed by atoms with Gasteiger partial charge in [0.2, 0.25) is 27.6 Å². The Kier molecular flexibility index (Phi) is 13.4. The third-order valence-corrected chi connectivity index (χ3v) is 12.4. The summed E-state index contributed by atoms with van der Waals surface area (Å²) in [6, 6.07) is -4.17. The van der Waals surface area contributed by atoms with E-state index in [9.17, 15) is 32.4 Å². The first-order valence-corrected chi connectivity index (χ1v) is 19.7. The lowest BCUT2D eigenvalue weighted by atomic mass is 9.75. The third kappa shape index (κ3) is 10.5. The summed E-state index contributed by atoms with van der Waals surface area (Å²) in [4.78, 5) is 69.9. The lowest BCUT2D eigenvalue weighted by Crippen LogP contribution is -2.62. The summed E-state index contributed by atoms with van der Waals surface area (Å²) in [5.74, 6) is -2.42. The van der Waals surface area contributed by atoms with Crippen LogP contribution < -0.4 is 21.3 Å². The van der Waals surface area contributed by atoms with Gasteiger partial charge in [-0.05, 0) is 47.3 Å². The number of ketones is 1. The summed E-state index contributed by atoms with van der Waals surface area (Å²) < 4.78 is 26.5. The van der Waals surface area contributed by atoms with Gasteiger partial charge in [0, 0.05) is 32.2 Å². The van der Waals surface area contributed by atoms with Crippen LogP contribution in [-0.2, 0) is 29.2 Å². The molecule has 0 spiro atoms. The largest absolute Gasteiger partial charge is 0.346 e. The van der Waals surface area contributed by atoms with Crippen LogP contribution in [0.2, 0.25) is 0 Å². The van der Waals surface area contributed by atoms with Crippen molar-refractivity contribution in [1.29, 1.82) is 0 Å². The van der Waals surface area contributed by atoms with E-state index in [0.717, 1.165) is 19.3 Å². The first-order chi connectivity index (χ1) is 23.0. The van der Waals surface area contributed by atoms with Gasteiger partial charge in [-0.15, -0.1) is 6.58 Å². The molecule has 0 aromatic rings. The predicted molar refractivity (Wildman–Crippen MR) is 193 cm³/mol. The average Bonchev–Trinajstić information content (AvgIpc) is 3.56. The van der Waals surface area contributed by atoms with Crippen molar-refractivity contribution in [2.45, 2.75) is 125 Å². The first kappa shape index (κ1) is 41.4. The molecule has 1 unspecified atom stereocenters. The van der Waals surface area contributed by atoms with Gasteiger partial charge < -0.3 is 26.2 Å². The number of sulfonamides is 1. The second kappa shape index (κ2) is 16.1. The Morgan fingerprint density at radius 2 is 1.50 bits per heavy atom. The van der Waals surface area contributed by atoms with E-state index in [1.54, 1.807) is 0 Å². The van der Waals surface area contributed by atoms with E-state index >= 15 is 0 Å². The number of urea groups is 1. The number of nitrogens with zero attached hydrogens (tertiary/aromatic N) is 2. The first-order valence-electron chi connectivity index (χ1n) is 18.1. The number of hydrogen-bond donors (Lipinski definition) is 4. The van der Waals surface area contributed by atoms with E-state index in [2.05, 4.69) is 27.8 Å². The van der Waals surface area contributed by atoms with Crippen LogP contribution in [-0.4, -0.2) is 103 Å². The highest BCUT2D eigenvalue weighted by Crippen LogP contribution is 2.40. The Bertz CT molecular complexity index is 1390. The second-order valence-corrected chi connectivity index (χ2v) is 19.6. The molecule has 5 atom stereocenters. The minimum Gasteiger partial charge on any atom is -0.346 e. The van der Waals surface area contributed by atoms with Gasteiger partial charge in [0.05, 0.1) is 11.8 Å². The van der Waals surface area contributed by atoms with Crippen LogP contribution in [0.15, 0.2) is 12.7 Å². The molecule has 2 saturated heterocycles. The van der Waals surface area contributed by atoms with Crippen LogP contribution in [0.25, 0.3) is 0 Å². The molecule has 5 amide bonds. The van der Waals surface area contributed by atoms with Crippen molar-refractivity contribution in [3.05, 3.63) is 12.7 Å². The van der Waals surface area contributed by atoms with Gasteiger partial charge in [0.15, 0.2) is 0 Å². The van der Waals surface area contributed by atoms with Crippen molar-refractivity contribution in [1.82, 2.24) is 30.5 Å². The van der Waals surface area contributed by atoms with Crippen LogP contribution in [0.3, 0.4) is 0 Å². The van der Waals surface area contributed by atoms with Gasteiger partial charge >= 0.3 is 6.03 Å². The lowest BCUT2D eigenvalue weighted by molar-refractivity contribution is -0.145. The van der Waals surface area contributed by atoms with Crippen molar-refractivity contribution >= 4 is 39.6 Å². The van der Waals surface area contributed by atoms with Crippen LogP contribution in [0, 0.1) is 28.1 Å². The number of rotatable bonds is 13. The van der Waals surface area contributed by atoms with Gasteiger partial charge in [-0.3, -0.25) is 19.2 Å². The minimum atomic E-state index is -3.39. The fourth-order valence-corrected chi connectivity index (χ4v) is 8.55. The number of Topliss-reactive ketones (excluding diaryl/α,β-unsaturated/α-hetero) is 1. The molecule has 0 aromatic heterocycles. The van der Waals surface area contributed by atoms with Crippen LogP contribution in [0.5, 0.6) is 0 Å². The summed E-state index contributed by atoms with van der Waals surface area (Å²) in [6.07, 6.45) is 5.74. The molecule has 1 saturated carbocycles. The number of carbonyl (C=O) groups excluding carboxylic acids is 5. The average molecular weight is 723 g/mol. The summed E-state index contributed by atoms with van der Waals surface area (Å²) in [5, 5.41) is 11.2. The van der Waals surface area contributed by atoms with E-state index in [-0.39, 0.29) is 42.6 Å². The van der Waals surface area contributed by atoms with Crippen molar-refractivity contribution in [3.63, 3.8) is 0 Å². The maximum atomic E-state index is 14.5. The Balaban J connectivity index is 1.87. The van der Waals surface area contributed by atoms with Crippen molar-refractivity contribution in [2.24, 2.45) is 28.1 Å². The monoisotopic (exact) mass is 722 g/mol. The smallest absolute Gasteiger partial charge is 0.315 e. The highest BCUT2D eigenvalue weighted by atomic mass is 32.2. The van der Waals surface area contributed by atoms with Crippen LogP contribution in [0.1, 0.15) is 101 Å². The fourth-order valence-electron chi connectivity index (χ4n) is 7.01. The molecule has 2 heterocycles. The number of amides is 5. The molecule has 50 heavy (non-hydrogen) atoms. The number of carbonyl (C=O) groups is 5. The normalized spacial score (nSPS) is 23.3. The maximum absolute atomic E-state index is 14.5. The summed E-state index contributed by atoms with van der Waals surface area (Å²) in [6.45, 7) is 21.7. The van der Waals surface area contributed by atoms with Crippen molar-refractivity contribution < 1.29 is 32.4 Å². The number of nitrogens with one attached hydrogen (secondary N) is 4. The summed E-state index contributed by atoms with van der Waals surface area (Å²) in [5.41, 5.74) is -1.65. The van der Waals surface area contributed by atoms with E-state index < -0.39 is 74.6 Å². The molecular weight excluding hydrogens is 660 g/mol. The number of likely N-dealkylation sites (tertiary alicyclic amines) is 1. The van der Waals surface area contributed by atoms with Crippen LogP contribution in [0.4, 0.5) is 4.79 Å². The van der Waals surface area contributed by atoms with Gasteiger partial charge in [0.25, 0.3) is 5.91 Å². The molecular formula is C36H62N6O7S. The molecule has 3 aliphatic rings. The van der Waals surface area contributed by atoms with Crippen molar-refractivity contribution in [3.8, 4) is 0 Å². The van der Waals surface area contributed by atoms with Gasteiger partial charge in [0.1, 0.15) is 12.1 Å². The summed E-state index contributed by atoms with van der Waals surface area (Å²) in [7, 11) is -3.39. The van der Waals surface area contributed by atoms with E-state index in [4.69, 9.17) is 0 Å². The lowest BCUT2D eigenvalue weighted by Gasteiger charge is -2.39. The van der Waals surface area contributed by atoms with E-state index in [1.807, 2.05) is 62.3 Å². The molecule has 0 aromatic carbocycles. The molecule has 0 bridgehead atoms. The van der Waals surface area contributed by atoms with Gasteiger partial charge in [-0.25, -0.2) is 13.2 Å². The third-order valence-electron chi connectivity index (χ3n) is 10.4. The van der Waals surface area contributed by atoms with Gasteiger partial charge in [-0.1, -0.05) is 87.7 Å².